The van der Waals surface area contributed by atoms with E-state index in [1.807, 2.05) is 54.2 Å². The summed E-state index contributed by atoms with van der Waals surface area (Å²) in [5.74, 6) is 0. The van der Waals surface area contributed by atoms with Crippen LogP contribution < -0.4 is 5.49 Å². The molecule has 3 aromatic rings. The molecule has 0 atom stereocenters. The van der Waals surface area contributed by atoms with E-state index in [1.165, 1.54) is 0 Å². The van der Waals surface area contributed by atoms with Crippen LogP contribution in [-0.4, -0.2) is 14.9 Å². The molecule has 17 heavy (non-hydrogen) atoms. The van der Waals surface area contributed by atoms with Crippen molar-refractivity contribution < 1.29 is 4.63 Å². The minimum Gasteiger partial charge on any atom is -0.336 e. The molecule has 0 aliphatic rings. The van der Waals surface area contributed by atoms with E-state index in [0.29, 0.717) is 11.0 Å². The SMILES string of the molecule is Cn1ccccc1=Nc1cccc2nonc12. The van der Waals surface area contributed by atoms with Gasteiger partial charge < -0.3 is 4.57 Å². The second kappa shape index (κ2) is 3.86. The predicted molar refractivity (Wildman–Crippen MR) is 62.4 cm³/mol. The summed E-state index contributed by atoms with van der Waals surface area (Å²) in [5, 5.41) is 7.65. The van der Waals surface area contributed by atoms with Crippen LogP contribution in [0.2, 0.25) is 0 Å². The Kier molecular flexibility index (Phi) is 2.22. The van der Waals surface area contributed by atoms with Gasteiger partial charge in [0, 0.05) is 13.2 Å². The van der Waals surface area contributed by atoms with E-state index in [1.54, 1.807) is 0 Å². The lowest BCUT2D eigenvalue weighted by molar-refractivity contribution is 0.315. The molecule has 0 amide bonds. The molecule has 0 fully saturated rings. The fourth-order valence-electron chi connectivity index (χ4n) is 1.64. The minimum atomic E-state index is 0.677. The standard InChI is InChI=1S/C12H10N4O/c1-16-8-3-2-7-11(16)13-9-5-4-6-10-12(9)15-17-14-10/h2-8H,1H3. The molecule has 0 aliphatic carbocycles. The van der Waals surface area contributed by atoms with Gasteiger partial charge in [-0.05, 0) is 34.6 Å². The van der Waals surface area contributed by atoms with Crippen molar-refractivity contribution in [2.75, 3.05) is 0 Å². The van der Waals surface area contributed by atoms with Gasteiger partial charge in [0.25, 0.3) is 0 Å². The third kappa shape index (κ3) is 1.71. The second-order valence-corrected chi connectivity index (χ2v) is 3.69. The van der Waals surface area contributed by atoms with Gasteiger partial charge in [0.05, 0.1) is 5.69 Å². The van der Waals surface area contributed by atoms with Gasteiger partial charge in [0.1, 0.15) is 11.0 Å². The smallest absolute Gasteiger partial charge is 0.160 e. The van der Waals surface area contributed by atoms with Crippen LogP contribution in [0.25, 0.3) is 11.0 Å². The molecule has 2 heterocycles. The lowest BCUT2D eigenvalue weighted by atomic mass is 10.3. The third-order valence-corrected chi connectivity index (χ3v) is 2.53. The predicted octanol–water partition coefficient (Wildman–Crippen LogP) is 1.79. The molecular formula is C12H10N4O. The highest BCUT2D eigenvalue weighted by atomic mass is 16.6. The Labute approximate surface area is 97.0 Å². The minimum absolute atomic E-state index is 0.677. The summed E-state index contributed by atoms with van der Waals surface area (Å²) >= 11 is 0. The maximum Gasteiger partial charge on any atom is 0.160 e. The lowest BCUT2D eigenvalue weighted by Gasteiger charge is -1.98. The molecule has 0 unspecified atom stereocenters. The van der Waals surface area contributed by atoms with Crippen molar-refractivity contribution >= 4 is 16.7 Å². The van der Waals surface area contributed by atoms with E-state index in [-0.39, 0.29) is 0 Å². The average Bonchev–Trinajstić information content (AvgIpc) is 2.81. The highest BCUT2D eigenvalue weighted by Crippen LogP contribution is 2.21. The molecule has 5 nitrogen and oxygen atoms in total. The van der Waals surface area contributed by atoms with Crippen molar-refractivity contribution in [3.8, 4) is 0 Å². The van der Waals surface area contributed by atoms with E-state index < -0.39 is 0 Å². The summed E-state index contributed by atoms with van der Waals surface area (Å²) in [7, 11) is 1.94. The van der Waals surface area contributed by atoms with Crippen LogP contribution in [0.4, 0.5) is 5.69 Å². The van der Waals surface area contributed by atoms with Crippen LogP contribution in [0, 0.1) is 0 Å². The van der Waals surface area contributed by atoms with Gasteiger partial charge in [-0.3, -0.25) is 0 Å². The summed E-state index contributed by atoms with van der Waals surface area (Å²) in [6.45, 7) is 0. The number of pyridine rings is 1. The fourth-order valence-corrected chi connectivity index (χ4v) is 1.64. The van der Waals surface area contributed by atoms with Crippen molar-refractivity contribution in [3.63, 3.8) is 0 Å². The largest absolute Gasteiger partial charge is 0.336 e. The number of fused-ring (bicyclic) bond motifs is 1. The molecule has 0 bridgehead atoms. The lowest BCUT2D eigenvalue weighted by Crippen LogP contribution is -2.15. The zero-order chi connectivity index (χ0) is 11.7. The van der Waals surface area contributed by atoms with Crippen molar-refractivity contribution in [1.82, 2.24) is 14.9 Å². The molecule has 0 radical (unpaired) electrons. The summed E-state index contributed by atoms with van der Waals surface area (Å²) in [6, 6.07) is 11.5. The molecule has 3 rings (SSSR count). The monoisotopic (exact) mass is 226 g/mol. The summed E-state index contributed by atoms with van der Waals surface area (Å²) < 4.78 is 6.64. The zero-order valence-corrected chi connectivity index (χ0v) is 9.24. The first-order valence-corrected chi connectivity index (χ1v) is 5.22. The first-order chi connectivity index (χ1) is 8.34. The molecule has 2 aromatic heterocycles. The van der Waals surface area contributed by atoms with Gasteiger partial charge in [-0.2, -0.15) is 0 Å². The van der Waals surface area contributed by atoms with E-state index in [0.717, 1.165) is 11.2 Å². The van der Waals surface area contributed by atoms with Crippen LogP contribution in [-0.2, 0) is 7.05 Å². The fraction of sp³-hybridized carbons (Fsp3) is 0.0833. The van der Waals surface area contributed by atoms with Gasteiger partial charge in [-0.25, -0.2) is 9.62 Å². The highest BCUT2D eigenvalue weighted by molar-refractivity contribution is 5.84. The average molecular weight is 226 g/mol. The van der Waals surface area contributed by atoms with Gasteiger partial charge in [0.2, 0.25) is 0 Å². The van der Waals surface area contributed by atoms with E-state index >= 15 is 0 Å². The summed E-state index contributed by atoms with van der Waals surface area (Å²) in [4.78, 5) is 4.54. The van der Waals surface area contributed by atoms with Gasteiger partial charge >= 0.3 is 0 Å². The van der Waals surface area contributed by atoms with Crippen molar-refractivity contribution in [3.05, 3.63) is 48.1 Å². The van der Waals surface area contributed by atoms with Crippen molar-refractivity contribution in [1.29, 1.82) is 0 Å². The Morgan fingerprint density at radius 3 is 2.94 bits per heavy atom. The van der Waals surface area contributed by atoms with E-state index in [9.17, 15) is 0 Å². The number of rotatable bonds is 1. The molecule has 0 spiro atoms. The van der Waals surface area contributed by atoms with E-state index in [4.69, 9.17) is 4.63 Å². The van der Waals surface area contributed by atoms with Crippen molar-refractivity contribution in [2.45, 2.75) is 0 Å². The first-order valence-electron chi connectivity index (χ1n) is 5.22. The molecule has 1 aromatic carbocycles. The molecule has 0 N–H and O–H groups in total. The third-order valence-electron chi connectivity index (χ3n) is 2.53. The van der Waals surface area contributed by atoms with Crippen LogP contribution in [0.3, 0.4) is 0 Å². The molecule has 0 saturated carbocycles. The maximum atomic E-state index is 4.71. The summed E-state index contributed by atoms with van der Waals surface area (Å²) in [5.41, 5.74) is 3.00. The van der Waals surface area contributed by atoms with Gasteiger partial charge in [-0.15, -0.1) is 0 Å². The topological polar surface area (TPSA) is 56.2 Å². The number of aryl methyl sites for hydroxylation is 1. The zero-order valence-electron chi connectivity index (χ0n) is 9.24. The van der Waals surface area contributed by atoms with Crippen LogP contribution >= 0.6 is 0 Å². The Balaban J connectivity index is 2.27. The Bertz CT molecular complexity index is 726. The number of hydrogen-bond donors (Lipinski definition) is 0. The second-order valence-electron chi connectivity index (χ2n) is 3.69. The molecule has 0 saturated heterocycles. The normalized spacial score (nSPS) is 12.2. The molecule has 84 valence electrons. The highest BCUT2D eigenvalue weighted by Gasteiger charge is 2.04. The van der Waals surface area contributed by atoms with Gasteiger partial charge in [0.15, 0.2) is 5.52 Å². The quantitative estimate of drug-likeness (QED) is 0.635. The number of benzene rings is 1. The number of nitrogens with zero attached hydrogens (tertiary/aromatic N) is 4. The number of hydrogen-bond acceptors (Lipinski definition) is 4. The van der Waals surface area contributed by atoms with Crippen LogP contribution in [0.15, 0.2) is 52.2 Å². The first kappa shape index (κ1) is 9.77. The Morgan fingerprint density at radius 1 is 1.12 bits per heavy atom. The van der Waals surface area contributed by atoms with Crippen LogP contribution in [0.5, 0.6) is 0 Å². The van der Waals surface area contributed by atoms with Crippen LogP contribution in [0.1, 0.15) is 0 Å². The van der Waals surface area contributed by atoms with Crippen molar-refractivity contribution in [2.24, 2.45) is 12.0 Å². The summed E-state index contributed by atoms with van der Waals surface area (Å²) in [6.07, 6.45) is 1.94. The molecule has 5 heteroatoms. The maximum absolute atomic E-state index is 4.71. The Hall–Kier alpha value is -2.43. The Morgan fingerprint density at radius 2 is 2.06 bits per heavy atom. The number of aromatic nitrogens is 3. The van der Waals surface area contributed by atoms with E-state index in [2.05, 4.69) is 15.3 Å². The molecular weight excluding hydrogens is 216 g/mol. The van der Waals surface area contributed by atoms with Gasteiger partial charge in [-0.1, -0.05) is 12.1 Å². The molecule has 0 aliphatic heterocycles.